The van der Waals surface area contributed by atoms with Crippen molar-refractivity contribution >= 4 is 49.8 Å². The number of rotatable bonds is 6. The van der Waals surface area contributed by atoms with Crippen LogP contribution >= 0.6 is 22.9 Å². The number of likely N-dealkylation sites (N-methyl/N-ethyl adjacent to an activating group) is 1. The smallest absolute Gasteiger partial charge is 0.341 e. The number of nitrogens with one attached hydrogen (secondary N) is 1. The molecule has 0 saturated heterocycles. The van der Waals surface area contributed by atoms with Gasteiger partial charge in [-0.05, 0) is 43.7 Å². The van der Waals surface area contributed by atoms with Crippen molar-refractivity contribution in [3.63, 3.8) is 0 Å². The Morgan fingerprint density at radius 2 is 1.81 bits per heavy atom. The molecule has 27 heavy (non-hydrogen) atoms. The summed E-state index contributed by atoms with van der Waals surface area (Å²) >= 11 is 7.00. The van der Waals surface area contributed by atoms with E-state index in [1.54, 1.807) is 6.92 Å². The molecule has 0 radical (unpaired) electrons. The molecule has 0 fully saturated rings. The molecule has 1 aromatic carbocycles. The minimum absolute atomic E-state index is 0.0280. The van der Waals surface area contributed by atoms with Crippen molar-refractivity contribution in [1.82, 2.24) is 4.31 Å². The molecular weight excluding hydrogens is 412 g/mol. The standard InChI is InChI=1S/C17H19ClN2O5S2/c1-10-11(2)26-16(15(10)17(22)25-4)19-14(21)9-20(3)27(23,24)13-7-5-12(18)6-8-13/h5-8H,9H2,1-4H3,(H,19,21). The Kier molecular flexibility index (Phi) is 6.63. The van der Waals surface area contributed by atoms with Gasteiger partial charge in [0.05, 0.1) is 24.1 Å². The van der Waals surface area contributed by atoms with E-state index in [2.05, 4.69) is 5.32 Å². The normalized spacial score (nSPS) is 11.5. The molecule has 0 bridgehead atoms. The van der Waals surface area contributed by atoms with Gasteiger partial charge in [0.25, 0.3) is 0 Å². The Bertz CT molecular complexity index is 968. The van der Waals surface area contributed by atoms with Gasteiger partial charge in [0.1, 0.15) is 5.00 Å². The summed E-state index contributed by atoms with van der Waals surface area (Å²) < 4.78 is 30.8. The van der Waals surface area contributed by atoms with E-state index in [4.69, 9.17) is 16.3 Å². The van der Waals surface area contributed by atoms with E-state index in [0.717, 1.165) is 9.18 Å². The van der Waals surface area contributed by atoms with Crippen LogP contribution in [0, 0.1) is 13.8 Å². The average molecular weight is 431 g/mol. The van der Waals surface area contributed by atoms with Gasteiger partial charge < -0.3 is 10.1 Å². The predicted molar refractivity (Wildman–Crippen MR) is 105 cm³/mol. The molecule has 2 rings (SSSR count). The fraction of sp³-hybridized carbons (Fsp3) is 0.294. The number of anilines is 1. The van der Waals surface area contributed by atoms with E-state index in [9.17, 15) is 18.0 Å². The van der Waals surface area contributed by atoms with Gasteiger partial charge in [0.15, 0.2) is 0 Å². The number of hydrogen-bond acceptors (Lipinski definition) is 6. The van der Waals surface area contributed by atoms with Crippen LogP contribution in [-0.2, 0) is 19.6 Å². The molecule has 10 heteroatoms. The van der Waals surface area contributed by atoms with Gasteiger partial charge in [-0.2, -0.15) is 4.31 Å². The van der Waals surface area contributed by atoms with Crippen LogP contribution in [0.2, 0.25) is 5.02 Å². The number of carbonyl (C=O) groups is 2. The van der Waals surface area contributed by atoms with Crippen LogP contribution in [0.15, 0.2) is 29.2 Å². The van der Waals surface area contributed by atoms with Gasteiger partial charge in [0.2, 0.25) is 15.9 Å². The number of amides is 1. The maximum atomic E-state index is 12.5. The molecule has 0 unspecified atom stereocenters. The summed E-state index contributed by atoms with van der Waals surface area (Å²) in [6.45, 7) is 3.16. The van der Waals surface area contributed by atoms with Gasteiger partial charge in [-0.1, -0.05) is 11.6 Å². The van der Waals surface area contributed by atoms with Crippen molar-refractivity contribution in [1.29, 1.82) is 0 Å². The molecule has 0 spiro atoms. The molecule has 1 aromatic heterocycles. The summed E-state index contributed by atoms with van der Waals surface area (Å²) in [4.78, 5) is 25.2. The van der Waals surface area contributed by atoms with Gasteiger partial charge >= 0.3 is 5.97 Å². The number of sulfonamides is 1. The largest absolute Gasteiger partial charge is 0.465 e. The van der Waals surface area contributed by atoms with Crippen LogP contribution in [-0.4, -0.2) is 45.3 Å². The summed E-state index contributed by atoms with van der Waals surface area (Å²) in [7, 11) is -1.29. The molecular formula is C17H19ClN2O5S2. The van der Waals surface area contributed by atoms with Crippen LogP contribution < -0.4 is 5.32 Å². The topological polar surface area (TPSA) is 92.8 Å². The summed E-state index contributed by atoms with van der Waals surface area (Å²) in [5.41, 5.74) is 0.987. The van der Waals surface area contributed by atoms with E-state index >= 15 is 0 Å². The maximum absolute atomic E-state index is 12.5. The predicted octanol–water partition coefficient (Wildman–Crippen LogP) is 3.06. The quantitative estimate of drug-likeness (QED) is 0.711. The monoisotopic (exact) mass is 430 g/mol. The minimum atomic E-state index is -3.85. The third-order valence-electron chi connectivity index (χ3n) is 3.92. The molecule has 1 heterocycles. The van der Waals surface area contributed by atoms with Crippen LogP contribution in [0.5, 0.6) is 0 Å². The number of ether oxygens (including phenoxy) is 1. The Labute approximate surface area is 166 Å². The molecule has 0 aliphatic heterocycles. The van der Waals surface area contributed by atoms with Gasteiger partial charge in [0, 0.05) is 16.9 Å². The van der Waals surface area contributed by atoms with Crippen LogP contribution in [0.4, 0.5) is 5.00 Å². The van der Waals surface area contributed by atoms with E-state index in [0.29, 0.717) is 15.6 Å². The van der Waals surface area contributed by atoms with Crippen molar-refractivity contribution in [3.8, 4) is 0 Å². The summed E-state index contributed by atoms with van der Waals surface area (Å²) in [6, 6.07) is 5.66. The first-order chi connectivity index (χ1) is 12.6. The van der Waals surface area contributed by atoms with Crippen molar-refractivity contribution in [2.75, 3.05) is 26.0 Å². The number of nitrogens with zero attached hydrogens (tertiary/aromatic N) is 1. The number of methoxy groups -OCH3 is 1. The highest BCUT2D eigenvalue weighted by molar-refractivity contribution is 7.89. The number of esters is 1. The Hall–Kier alpha value is -1.94. The van der Waals surface area contributed by atoms with Crippen molar-refractivity contribution in [2.45, 2.75) is 18.7 Å². The highest BCUT2D eigenvalue weighted by Crippen LogP contribution is 2.33. The zero-order chi connectivity index (χ0) is 20.4. The van der Waals surface area contributed by atoms with Crippen LogP contribution in [0.25, 0.3) is 0 Å². The highest BCUT2D eigenvalue weighted by atomic mass is 35.5. The zero-order valence-corrected chi connectivity index (χ0v) is 17.6. The lowest BCUT2D eigenvalue weighted by molar-refractivity contribution is -0.116. The van der Waals surface area contributed by atoms with E-state index in [1.807, 2.05) is 6.92 Å². The number of hydrogen-bond donors (Lipinski definition) is 1. The molecule has 0 saturated carbocycles. The lowest BCUT2D eigenvalue weighted by Gasteiger charge is -2.17. The number of aryl methyl sites for hydroxylation is 1. The summed E-state index contributed by atoms with van der Waals surface area (Å²) in [5, 5.41) is 3.35. The molecule has 0 aliphatic carbocycles. The fourth-order valence-electron chi connectivity index (χ4n) is 2.30. The lowest BCUT2D eigenvalue weighted by Crippen LogP contribution is -2.35. The summed E-state index contributed by atoms with van der Waals surface area (Å²) in [5.74, 6) is -1.13. The van der Waals surface area contributed by atoms with Gasteiger partial charge in [-0.3, -0.25) is 4.79 Å². The number of halogens is 1. The second kappa shape index (κ2) is 8.39. The maximum Gasteiger partial charge on any atom is 0.341 e. The number of carbonyl (C=O) groups excluding carboxylic acids is 2. The molecule has 1 N–H and O–H groups in total. The third-order valence-corrected chi connectivity index (χ3v) is 7.11. The van der Waals surface area contributed by atoms with Crippen LogP contribution in [0.1, 0.15) is 20.8 Å². The molecule has 0 aliphatic rings. The molecule has 146 valence electrons. The van der Waals surface area contributed by atoms with E-state index in [-0.39, 0.29) is 10.5 Å². The average Bonchev–Trinajstić information content (AvgIpc) is 2.88. The molecule has 7 nitrogen and oxygen atoms in total. The minimum Gasteiger partial charge on any atom is -0.465 e. The number of benzene rings is 1. The second-order valence-corrected chi connectivity index (χ2v) is 9.45. The highest BCUT2D eigenvalue weighted by Gasteiger charge is 2.25. The fourth-order valence-corrected chi connectivity index (χ4v) is 4.62. The zero-order valence-electron chi connectivity index (χ0n) is 15.2. The van der Waals surface area contributed by atoms with Crippen LogP contribution in [0.3, 0.4) is 0 Å². The van der Waals surface area contributed by atoms with E-state index < -0.39 is 28.4 Å². The Morgan fingerprint density at radius 1 is 1.22 bits per heavy atom. The second-order valence-electron chi connectivity index (χ2n) is 5.74. The third kappa shape index (κ3) is 4.67. The molecule has 2 aromatic rings. The van der Waals surface area contributed by atoms with E-state index in [1.165, 1.54) is 49.8 Å². The first-order valence-electron chi connectivity index (χ1n) is 7.78. The Balaban J connectivity index is 2.17. The molecule has 1 amide bonds. The van der Waals surface area contributed by atoms with Crippen molar-refractivity contribution in [2.24, 2.45) is 0 Å². The number of thiophene rings is 1. The van der Waals surface area contributed by atoms with Gasteiger partial charge in [-0.15, -0.1) is 11.3 Å². The van der Waals surface area contributed by atoms with Crippen molar-refractivity contribution < 1.29 is 22.7 Å². The Morgan fingerprint density at radius 3 is 2.37 bits per heavy atom. The first-order valence-corrected chi connectivity index (χ1v) is 10.4. The molecule has 0 atom stereocenters. The van der Waals surface area contributed by atoms with Gasteiger partial charge in [-0.25, -0.2) is 13.2 Å². The lowest BCUT2D eigenvalue weighted by atomic mass is 10.1. The SMILES string of the molecule is COC(=O)c1c(NC(=O)CN(C)S(=O)(=O)c2ccc(Cl)cc2)sc(C)c1C. The first kappa shape index (κ1) is 21.4. The summed E-state index contributed by atoms with van der Waals surface area (Å²) in [6.07, 6.45) is 0. The van der Waals surface area contributed by atoms with Crippen molar-refractivity contribution in [3.05, 3.63) is 45.3 Å².